The lowest BCUT2D eigenvalue weighted by molar-refractivity contribution is -0.136. The van der Waals surface area contributed by atoms with E-state index in [0.717, 1.165) is 12.1 Å². The summed E-state index contributed by atoms with van der Waals surface area (Å²) in [6, 6.07) is 5.97. The first-order chi connectivity index (χ1) is 14.3. The molecular formula is C19H6ClF9O2. The van der Waals surface area contributed by atoms with Crippen LogP contribution >= 0.6 is 11.6 Å². The first-order valence-corrected chi connectivity index (χ1v) is 8.66. The lowest BCUT2D eigenvalue weighted by atomic mass is 9.97. The van der Waals surface area contributed by atoms with Crippen LogP contribution in [0.4, 0.5) is 39.5 Å². The molecular weight excluding hydrogens is 467 g/mol. The summed E-state index contributed by atoms with van der Waals surface area (Å²) in [7, 11) is 0. The lowest BCUT2D eigenvalue weighted by Crippen LogP contribution is -2.49. The number of benzene rings is 2. The number of alkyl halides is 3. The maximum atomic E-state index is 15.7. The summed E-state index contributed by atoms with van der Waals surface area (Å²) < 4.78 is 132. The number of carbonyl (C=O) groups is 1. The van der Waals surface area contributed by atoms with E-state index in [1.54, 1.807) is 0 Å². The van der Waals surface area contributed by atoms with Crippen molar-refractivity contribution in [2.45, 2.75) is 22.3 Å². The molecule has 0 heterocycles. The summed E-state index contributed by atoms with van der Waals surface area (Å²) in [5.74, 6) is -25.0. The molecule has 0 aromatic heterocycles. The quantitative estimate of drug-likeness (QED) is 0.250. The van der Waals surface area contributed by atoms with Crippen LogP contribution in [-0.2, 0) is 4.79 Å². The van der Waals surface area contributed by atoms with E-state index in [1.807, 2.05) is 0 Å². The number of Topliss-reactive ketones (excluding diaryl/α,β-unsaturated/α-hetero) is 1. The van der Waals surface area contributed by atoms with E-state index >= 15 is 4.39 Å². The van der Waals surface area contributed by atoms with E-state index in [9.17, 15) is 39.9 Å². The number of halogens is 10. The topological polar surface area (TPSA) is 26.3 Å². The zero-order valence-corrected chi connectivity index (χ0v) is 15.3. The van der Waals surface area contributed by atoms with Gasteiger partial charge in [0.25, 0.3) is 5.13 Å². The molecule has 2 aliphatic rings. The molecule has 0 N–H and O–H groups in total. The van der Waals surface area contributed by atoms with Crippen LogP contribution in [-0.4, -0.2) is 22.2 Å². The van der Waals surface area contributed by atoms with Gasteiger partial charge in [0, 0.05) is 0 Å². The molecule has 0 spiro atoms. The van der Waals surface area contributed by atoms with Crippen molar-refractivity contribution in [3.05, 3.63) is 76.6 Å². The highest BCUT2D eigenvalue weighted by molar-refractivity contribution is 6.38. The Morgan fingerprint density at radius 1 is 0.774 bits per heavy atom. The van der Waals surface area contributed by atoms with Crippen molar-refractivity contribution in [3.63, 3.8) is 0 Å². The summed E-state index contributed by atoms with van der Waals surface area (Å²) in [5, 5.41) is -4.33. The molecule has 4 atom stereocenters. The van der Waals surface area contributed by atoms with Crippen LogP contribution in [0, 0.1) is 29.1 Å². The Balaban J connectivity index is 2.00. The van der Waals surface area contributed by atoms with E-state index in [0.29, 0.717) is 0 Å². The van der Waals surface area contributed by atoms with E-state index in [4.69, 9.17) is 11.6 Å². The number of hydrogen-bond donors (Lipinski definition) is 0. The Kier molecular flexibility index (Phi) is 4.45. The van der Waals surface area contributed by atoms with Crippen molar-refractivity contribution < 1.29 is 49.0 Å². The minimum atomic E-state index is -4.33. The predicted octanol–water partition coefficient (Wildman–Crippen LogP) is 5.64. The molecule has 2 aromatic rings. The minimum Gasteiger partial charge on any atom is -0.469 e. The molecule has 1 saturated carbocycles. The summed E-state index contributed by atoms with van der Waals surface area (Å²) in [4.78, 5) is 12.3. The highest BCUT2D eigenvalue weighted by Crippen LogP contribution is 2.74. The number of ketones is 1. The molecule has 4 rings (SSSR count). The molecule has 164 valence electrons. The smallest absolute Gasteiger partial charge is 0.298 e. The number of carbonyl (C=O) groups excluding carboxylic acids is 1. The summed E-state index contributed by atoms with van der Waals surface area (Å²) in [5.41, 5.74) is -7.83. The van der Waals surface area contributed by atoms with Crippen molar-refractivity contribution in [1.29, 1.82) is 0 Å². The SMILES string of the molecule is O=C1C2(F)C(c3ccccc3)C2(Oc2c(F)c(F)c(F)c(F)c2F)C(F)=C(F)[C@@]1(F)Cl. The van der Waals surface area contributed by atoms with Gasteiger partial charge in [-0.05, 0) is 5.56 Å². The van der Waals surface area contributed by atoms with Crippen LogP contribution in [0.25, 0.3) is 0 Å². The Labute approximate surface area is 171 Å². The van der Waals surface area contributed by atoms with Gasteiger partial charge in [0.05, 0.1) is 5.92 Å². The van der Waals surface area contributed by atoms with Crippen LogP contribution in [0.15, 0.2) is 42.0 Å². The minimum absolute atomic E-state index is 0.334. The molecule has 2 aliphatic carbocycles. The zero-order valence-electron chi connectivity index (χ0n) is 14.6. The summed E-state index contributed by atoms with van der Waals surface area (Å²) >= 11 is 5.03. The standard InChI is InChI=1S/C19H6ClF9O2/c20-19(29)15(27)14(26)18(31-12-10(24)8(22)7(21)9(23)11(12)25)13(17(18,28)16(19)30)6-4-2-1-3-5-6/h1-5,13H/t13?,17?,18?,19-/m0/s1. The van der Waals surface area contributed by atoms with Gasteiger partial charge in [-0.2, -0.15) is 8.78 Å². The van der Waals surface area contributed by atoms with Crippen molar-refractivity contribution >= 4 is 17.4 Å². The van der Waals surface area contributed by atoms with Crippen molar-refractivity contribution in [2.75, 3.05) is 0 Å². The Morgan fingerprint density at radius 2 is 1.26 bits per heavy atom. The molecule has 31 heavy (non-hydrogen) atoms. The predicted molar refractivity (Wildman–Crippen MR) is 86.6 cm³/mol. The van der Waals surface area contributed by atoms with E-state index < -0.39 is 74.6 Å². The molecule has 3 unspecified atom stereocenters. The van der Waals surface area contributed by atoms with Gasteiger partial charge < -0.3 is 4.74 Å². The fourth-order valence-corrected chi connectivity index (χ4v) is 3.97. The van der Waals surface area contributed by atoms with E-state index in [2.05, 4.69) is 4.74 Å². The van der Waals surface area contributed by atoms with Gasteiger partial charge >= 0.3 is 0 Å². The highest BCUT2D eigenvalue weighted by Gasteiger charge is 2.93. The molecule has 0 amide bonds. The van der Waals surface area contributed by atoms with Crippen molar-refractivity contribution in [1.82, 2.24) is 0 Å². The van der Waals surface area contributed by atoms with Gasteiger partial charge in [0.2, 0.25) is 46.1 Å². The van der Waals surface area contributed by atoms with Crippen LogP contribution < -0.4 is 4.74 Å². The third-order valence-corrected chi connectivity index (χ3v) is 5.57. The third-order valence-electron chi connectivity index (χ3n) is 5.24. The van der Waals surface area contributed by atoms with Gasteiger partial charge in [-0.15, -0.1) is 0 Å². The number of hydrogen-bond acceptors (Lipinski definition) is 2. The lowest BCUT2D eigenvalue weighted by Gasteiger charge is -2.28. The van der Waals surface area contributed by atoms with Gasteiger partial charge in [0.15, 0.2) is 17.4 Å². The number of allylic oxidation sites excluding steroid dienone is 1. The Hall–Kier alpha value is -2.69. The molecule has 12 heteroatoms. The fraction of sp³-hybridized carbons (Fsp3) is 0.211. The van der Waals surface area contributed by atoms with Crippen molar-refractivity contribution in [3.8, 4) is 5.75 Å². The van der Waals surface area contributed by atoms with Gasteiger partial charge in [0.1, 0.15) is 0 Å². The maximum Gasteiger partial charge on any atom is 0.298 e. The molecule has 2 aromatic carbocycles. The maximum absolute atomic E-state index is 15.7. The molecule has 1 fully saturated rings. The average molecular weight is 473 g/mol. The molecule has 2 nitrogen and oxygen atoms in total. The van der Waals surface area contributed by atoms with Crippen LogP contribution in [0.1, 0.15) is 11.5 Å². The Morgan fingerprint density at radius 3 is 1.77 bits per heavy atom. The van der Waals surface area contributed by atoms with Gasteiger partial charge in [-0.3, -0.25) is 4.79 Å². The monoisotopic (exact) mass is 472 g/mol. The van der Waals surface area contributed by atoms with Crippen LogP contribution in [0.2, 0.25) is 0 Å². The zero-order chi connectivity index (χ0) is 23.1. The largest absolute Gasteiger partial charge is 0.469 e. The second-order valence-electron chi connectivity index (χ2n) is 6.82. The molecule has 0 radical (unpaired) electrons. The first-order valence-electron chi connectivity index (χ1n) is 8.28. The third kappa shape index (κ3) is 2.40. The number of fused-ring (bicyclic) bond motifs is 1. The van der Waals surface area contributed by atoms with Crippen molar-refractivity contribution in [2.24, 2.45) is 0 Å². The Bertz CT molecular complexity index is 1140. The average Bonchev–Trinajstić information content (AvgIpc) is 3.32. The number of rotatable bonds is 3. The second-order valence-corrected chi connectivity index (χ2v) is 7.34. The summed E-state index contributed by atoms with van der Waals surface area (Å²) in [6.07, 6.45) is 0. The normalized spacial score (nSPS) is 32.2. The molecule has 0 saturated heterocycles. The van der Waals surface area contributed by atoms with Crippen LogP contribution in [0.5, 0.6) is 5.75 Å². The van der Waals surface area contributed by atoms with Crippen LogP contribution in [0.3, 0.4) is 0 Å². The highest BCUT2D eigenvalue weighted by atomic mass is 35.5. The van der Waals surface area contributed by atoms with Gasteiger partial charge in [-0.25, -0.2) is 30.7 Å². The molecule has 0 aliphatic heterocycles. The second kappa shape index (κ2) is 6.41. The molecule has 0 bridgehead atoms. The van der Waals surface area contributed by atoms with E-state index in [1.165, 1.54) is 18.2 Å². The van der Waals surface area contributed by atoms with Gasteiger partial charge in [-0.1, -0.05) is 41.9 Å². The van der Waals surface area contributed by atoms with E-state index in [-0.39, 0.29) is 5.56 Å². The summed E-state index contributed by atoms with van der Waals surface area (Å²) in [6.45, 7) is 0. The fourth-order valence-electron chi connectivity index (χ4n) is 3.75. The first kappa shape index (κ1) is 21.5. The number of ether oxygens (including phenoxy) is 1.